The average Bonchev–Trinajstić information content (AvgIpc) is 3.21. The number of hydrogen-bond donors (Lipinski definition) is 1. The summed E-state index contributed by atoms with van der Waals surface area (Å²) < 4.78 is 7.73. The maximum Gasteiger partial charge on any atom is 0.0662 e. The second-order valence-electron chi connectivity index (χ2n) is 5.82. The van der Waals surface area contributed by atoms with E-state index >= 15 is 0 Å². The monoisotopic (exact) mass is 279 g/mol. The molecule has 2 rings (SSSR count). The van der Waals surface area contributed by atoms with Crippen LogP contribution >= 0.6 is 0 Å². The Hall–Kier alpha value is -0.870. The molecule has 1 aromatic heterocycles. The molecule has 4 heteroatoms. The van der Waals surface area contributed by atoms with Crippen LogP contribution in [0.3, 0.4) is 0 Å². The van der Waals surface area contributed by atoms with Gasteiger partial charge >= 0.3 is 0 Å². The Morgan fingerprint density at radius 3 is 2.80 bits per heavy atom. The van der Waals surface area contributed by atoms with Gasteiger partial charge in [0.1, 0.15) is 0 Å². The number of ether oxygens (including phenoxy) is 1. The molecule has 114 valence electrons. The minimum absolute atomic E-state index is 0.766. The van der Waals surface area contributed by atoms with E-state index in [1.807, 2.05) is 0 Å². The first-order valence-corrected chi connectivity index (χ1v) is 8.06. The van der Waals surface area contributed by atoms with Crippen molar-refractivity contribution in [2.45, 2.75) is 65.5 Å². The Kier molecular flexibility index (Phi) is 6.05. The fourth-order valence-electron chi connectivity index (χ4n) is 2.50. The molecular weight excluding hydrogens is 250 g/mol. The molecule has 4 nitrogen and oxygen atoms in total. The van der Waals surface area contributed by atoms with E-state index < -0.39 is 0 Å². The molecule has 0 aliphatic heterocycles. The number of nitrogens with zero attached hydrogens (tertiary/aromatic N) is 2. The zero-order valence-electron chi connectivity index (χ0n) is 13.2. The molecule has 0 radical (unpaired) electrons. The van der Waals surface area contributed by atoms with E-state index in [1.165, 1.54) is 36.2 Å². The second kappa shape index (κ2) is 7.79. The molecule has 0 saturated heterocycles. The Bertz CT molecular complexity index is 410. The van der Waals surface area contributed by atoms with Gasteiger partial charge in [-0.05, 0) is 51.6 Å². The summed E-state index contributed by atoms with van der Waals surface area (Å²) in [6, 6.07) is 0.789. The number of rotatable bonds is 10. The third kappa shape index (κ3) is 4.60. The summed E-state index contributed by atoms with van der Waals surface area (Å²) in [6.45, 7) is 10.1. The highest BCUT2D eigenvalue weighted by Crippen LogP contribution is 2.19. The van der Waals surface area contributed by atoms with E-state index in [9.17, 15) is 0 Å². The zero-order chi connectivity index (χ0) is 14.4. The van der Waals surface area contributed by atoms with Crippen LogP contribution in [-0.4, -0.2) is 35.6 Å². The van der Waals surface area contributed by atoms with Gasteiger partial charge < -0.3 is 10.1 Å². The molecule has 0 aromatic carbocycles. The smallest absolute Gasteiger partial charge is 0.0662 e. The number of hydrogen-bond acceptors (Lipinski definition) is 3. The summed E-state index contributed by atoms with van der Waals surface area (Å²) in [4.78, 5) is 0. The first-order valence-electron chi connectivity index (χ1n) is 8.06. The van der Waals surface area contributed by atoms with Gasteiger partial charge in [-0.25, -0.2) is 0 Å². The van der Waals surface area contributed by atoms with Gasteiger partial charge in [-0.15, -0.1) is 0 Å². The first-order chi connectivity index (χ1) is 9.72. The van der Waals surface area contributed by atoms with Crippen molar-refractivity contribution in [3.8, 4) is 0 Å². The predicted octanol–water partition coefficient (Wildman–Crippen LogP) is 2.61. The van der Waals surface area contributed by atoms with Crippen LogP contribution in [0, 0.1) is 13.8 Å². The van der Waals surface area contributed by atoms with E-state index in [1.54, 1.807) is 0 Å². The van der Waals surface area contributed by atoms with Crippen molar-refractivity contribution in [3.05, 3.63) is 17.0 Å². The fraction of sp³-hybridized carbons (Fsp3) is 0.812. The van der Waals surface area contributed by atoms with Crippen LogP contribution < -0.4 is 5.32 Å². The minimum atomic E-state index is 0.766. The van der Waals surface area contributed by atoms with Gasteiger partial charge in [0.15, 0.2) is 0 Å². The molecule has 1 aliphatic carbocycles. The third-order valence-corrected chi connectivity index (χ3v) is 4.01. The lowest BCUT2D eigenvalue weighted by Gasteiger charge is -2.07. The highest BCUT2D eigenvalue weighted by molar-refractivity contribution is 5.24. The van der Waals surface area contributed by atoms with E-state index in [0.29, 0.717) is 0 Å². The molecule has 1 aromatic rings. The van der Waals surface area contributed by atoms with Gasteiger partial charge in [0.05, 0.1) is 18.8 Å². The van der Waals surface area contributed by atoms with E-state index in [-0.39, 0.29) is 0 Å². The van der Waals surface area contributed by atoms with Crippen LogP contribution in [0.25, 0.3) is 0 Å². The van der Waals surface area contributed by atoms with Crippen molar-refractivity contribution in [1.29, 1.82) is 0 Å². The summed E-state index contributed by atoms with van der Waals surface area (Å²) in [5.74, 6) is 0. The predicted molar refractivity (Wildman–Crippen MR) is 82.2 cm³/mol. The van der Waals surface area contributed by atoms with Crippen molar-refractivity contribution in [3.63, 3.8) is 0 Å². The molecule has 0 atom stereocenters. The van der Waals surface area contributed by atoms with Crippen molar-refractivity contribution < 1.29 is 4.74 Å². The normalized spacial score (nSPS) is 14.9. The number of aryl methyl sites for hydroxylation is 1. The Balaban J connectivity index is 1.77. The van der Waals surface area contributed by atoms with Crippen molar-refractivity contribution in [1.82, 2.24) is 15.1 Å². The summed E-state index contributed by atoms with van der Waals surface area (Å²) in [6.07, 6.45) is 6.14. The molecule has 0 bridgehead atoms. The molecule has 0 unspecified atom stereocenters. The van der Waals surface area contributed by atoms with Gasteiger partial charge in [-0.2, -0.15) is 5.10 Å². The average molecular weight is 279 g/mol. The number of nitrogens with one attached hydrogen (secondary N) is 1. The SMILES string of the molecule is CCCCOCCn1nc(C)c(CCNC2CC2)c1C. The summed E-state index contributed by atoms with van der Waals surface area (Å²) in [7, 11) is 0. The van der Waals surface area contributed by atoms with Gasteiger partial charge in [0.25, 0.3) is 0 Å². The summed E-state index contributed by atoms with van der Waals surface area (Å²) >= 11 is 0. The zero-order valence-corrected chi connectivity index (χ0v) is 13.2. The molecule has 1 aliphatic rings. The van der Waals surface area contributed by atoms with E-state index in [4.69, 9.17) is 4.74 Å². The van der Waals surface area contributed by atoms with Gasteiger partial charge in [-0.1, -0.05) is 13.3 Å². The van der Waals surface area contributed by atoms with Crippen LogP contribution in [0.5, 0.6) is 0 Å². The standard InChI is InChI=1S/C16H29N3O/c1-4-5-11-20-12-10-19-14(3)16(13(2)18-19)8-9-17-15-6-7-15/h15,17H,4-12H2,1-3H3. The molecule has 1 N–H and O–H groups in total. The number of aromatic nitrogens is 2. The molecule has 1 saturated carbocycles. The van der Waals surface area contributed by atoms with Crippen molar-refractivity contribution in [2.24, 2.45) is 0 Å². The van der Waals surface area contributed by atoms with Crippen LogP contribution in [0.15, 0.2) is 0 Å². The number of unbranched alkanes of at least 4 members (excludes halogenated alkanes) is 1. The van der Waals surface area contributed by atoms with Crippen LogP contribution in [-0.2, 0) is 17.7 Å². The maximum absolute atomic E-state index is 5.63. The van der Waals surface area contributed by atoms with Gasteiger partial charge in [0.2, 0.25) is 0 Å². The topological polar surface area (TPSA) is 39.1 Å². The molecule has 1 heterocycles. The quantitative estimate of drug-likeness (QED) is 0.669. The van der Waals surface area contributed by atoms with Crippen molar-refractivity contribution in [2.75, 3.05) is 19.8 Å². The molecule has 20 heavy (non-hydrogen) atoms. The summed E-state index contributed by atoms with van der Waals surface area (Å²) in [5, 5.41) is 8.22. The highest BCUT2D eigenvalue weighted by atomic mass is 16.5. The largest absolute Gasteiger partial charge is 0.380 e. The second-order valence-corrected chi connectivity index (χ2v) is 5.82. The minimum Gasteiger partial charge on any atom is -0.380 e. The maximum atomic E-state index is 5.63. The molecular formula is C16H29N3O. The Morgan fingerprint density at radius 2 is 2.10 bits per heavy atom. The third-order valence-electron chi connectivity index (χ3n) is 4.01. The Labute approximate surface area is 122 Å². The first kappa shape index (κ1) is 15.5. The Morgan fingerprint density at radius 1 is 1.30 bits per heavy atom. The van der Waals surface area contributed by atoms with Gasteiger partial charge in [0, 0.05) is 18.3 Å². The lowest BCUT2D eigenvalue weighted by molar-refractivity contribution is 0.120. The van der Waals surface area contributed by atoms with Gasteiger partial charge in [-0.3, -0.25) is 4.68 Å². The lowest BCUT2D eigenvalue weighted by atomic mass is 10.1. The summed E-state index contributed by atoms with van der Waals surface area (Å²) in [5.41, 5.74) is 3.89. The van der Waals surface area contributed by atoms with Crippen LogP contribution in [0.4, 0.5) is 0 Å². The highest BCUT2D eigenvalue weighted by Gasteiger charge is 2.20. The fourth-order valence-corrected chi connectivity index (χ4v) is 2.50. The molecule has 0 amide bonds. The van der Waals surface area contributed by atoms with E-state index in [0.717, 1.165) is 45.2 Å². The molecule has 0 spiro atoms. The van der Waals surface area contributed by atoms with Crippen molar-refractivity contribution >= 4 is 0 Å². The lowest BCUT2D eigenvalue weighted by Crippen LogP contribution is -2.19. The van der Waals surface area contributed by atoms with Crippen LogP contribution in [0.2, 0.25) is 0 Å². The van der Waals surface area contributed by atoms with E-state index in [2.05, 4.69) is 35.9 Å². The molecule has 1 fully saturated rings. The van der Waals surface area contributed by atoms with Crippen LogP contribution in [0.1, 0.15) is 49.6 Å².